The first-order chi connectivity index (χ1) is 13.9. The molecule has 0 unspecified atom stereocenters. The lowest BCUT2D eigenvalue weighted by atomic mass is 9.98. The average molecular weight is 407 g/mol. The molecule has 0 aliphatic heterocycles. The van der Waals surface area contributed by atoms with Gasteiger partial charge in [-0.1, -0.05) is 32.9 Å². The molecule has 0 saturated carbocycles. The van der Waals surface area contributed by atoms with E-state index < -0.39 is 0 Å². The second-order valence-corrected chi connectivity index (χ2v) is 8.78. The Morgan fingerprint density at radius 3 is 2.83 bits per heavy atom. The summed E-state index contributed by atoms with van der Waals surface area (Å²) in [5.41, 5.74) is 2.32. The van der Waals surface area contributed by atoms with Gasteiger partial charge < -0.3 is 14.5 Å². The van der Waals surface area contributed by atoms with Crippen LogP contribution in [0.5, 0.6) is 5.75 Å². The van der Waals surface area contributed by atoms with Gasteiger partial charge >= 0.3 is 0 Å². The quantitative estimate of drug-likeness (QED) is 0.511. The maximum atomic E-state index is 12.6. The van der Waals surface area contributed by atoms with Crippen LogP contribution in [-0.2, 0) is 12.0 Å². The van der Waals surface area contributed by atoms with E-state index in [-0.39, 0.29) is 11.3 Å². The van der Waals surface area contributed by atoms with Crippen molar-refractivity contribution in [1.29, 1.82) is 0 Å². The third kappa shape index (κ3) is 4.46. The highest BCUT2D eigenvalue weighted by molar-refractivity contribution is 7.13. The van der Waals surface area contributed by atoms with Crippen molar-refractivity contribution < 1.29 is 9.53 Å². The second kappa shape index (κ2) is 7.67. The zero-order valence-electron chi connectivity index (χ0n) is 16.5. The Kier molecular flexibility index (Phi) is 5.07. The lowest BCUT2D eigenvalue weighted by molar-refractivity contribution is 0.103. The molecular weight excluding hydrogens is 384 g/mol. The van der Waals surface area contributed by atoms with E-state index in [1.165, 1.54) is 11.3 Å². The standard InChI is InChI=1S/C22H22N4O2S/c1-22(2,3)21-23-12-18(29-21)20(27)25-15-7-6-8-17(11-15)28-14-16-13-26-10-5-4-9-19(26)24-16/h4-13H,14H2,1-3H3,(H,25,27). The molecule has 0 spiro atoms. The largest absolute Gasteiger partial charge is 0.487 e. The molecule has 29 heavy (non-hydrogen) atoms. The number of benzene rings is 1. The van der Waals surface area contributed by atoms with Gasteiger partial charge in [0, 0.05) is 29.6 Å². The molecule has 0 radical (unpaired) electrons. The number of ether oxygens (including phenoxy) is 1. The normalized spacial score (nSPS) is 11.6. The third-order valence-electron chi connectivity index (χ3n) is 4.26. The van der Waals surface area contributed by atoms with Crippen molar-refractivity contribution in [2.45, 2.75) is 32.8 Å². The molecule has 148 valence electrons. The molecule has 0 atom stereocenters. The fourth-order valence-corrected chi connectivity index (χ4v) is 3.67. The van der Waals surface area contributed by atoms with E-state index in [0.29, 0.717) is 22.9 Å². The average Bonchev–Trinajstić information content (AvgIpc) is 3.33. The summed E-state index contributed by atoms with van der Waals surface area (Å²) in [6, 6.07) is 13.2. The van der Waals surface area contributed by atoms with Crippen molar-refractivity contribution in [1.82, 2.24) is 14.4 Å². The Morgan fingerprint density at radius 1 is 1.21 bits per heavy atom. The van der Waals surface area contributed by atoms with Gasteiger partial charge in [-0.25, -0.2) is 9.97 Å². The van der Waals surface area contributed by atoms with Gasteiger partial charge in [0.1, 0.15) is 22.9 Å². The predicted octanol–water partition coefficient (Wildman–Crippen LogP) is 4.92. The number of rotatable bonds is 5. The minimum atomic E-state index is -0.171. The summed E-state index contributed by atoms with van der Waals surface area (Å²) in [6.07, 6.45) is 5.52. The van der Waals surface area contributed by atoms with Crippen molar-refractivity contribution in [2.24, 2.45) is 0 Å². The maximum Gasteiger partial charge on any atom is 0.267 e. The molecule has 3 heterocycles. The third-order valence-corrected chi connectivity index (χ3v) is 5.69. The Labute approximate surface area is 173 Å². The van der Waals surface area contributed by atoms with Gasteiger partial charge in [0.25, 0.3) is 5.91 Å². The number of thiazole rings is 1. The molecule has 1 amide bonds. The van der Waals surface area contributed by atoms with Gasteiger partial charge in [-0.3, -0.25) is 4.79 Å². The van der Waals surface area contributed by atoms with Crippen LogP contribution in [0.1, 0.15) is 41.1 Å². The van der Waals surface area contributed by atoms with E-state index in [2.05, 4.69) is 36.1 Å². The molecule has 0 bridgehead atoms. The number of hydrogen-bond acceptors (Lipinski definition) is 5. The molecule has 4 rings (SSSR count). The highest BCUT2D eigenvalue weighted by Crippen LogP contribution is 2.27. The molecular formula is C22H22N4O2S. The van der Waals surface area contributed by atoms with Gasteiger partial charge in [0.05, 0.1) is 16.9 Å². The van der Waals surface area contributed by atoms with E-state index >= 15 is 0 Å². The van der Waals surface area contributed by atoms with Crippen LogP contribution in [0, 0.1) is 0 Å². The maximum absolute atomic E-state index is 12.6. The predicted molar refractivity (Wildman–Crippen MR) is 115 cm³/mol. The van der Waals surface area contributed by atoms with Gasteiger partial charge in [-0.05, 0) is 24.3 Å². The fraction of sp³-hybridized carbons (Fsp3) is 0.227. The highest BCUT2D eigenvalue weighted by atomic mass is 32.1. The molecule has 1 N–H and O–H groups in total. The minimum absolute atomic E-state index is 0.0745. The number of pyridine rings is 1. The number of amides is 1. The summed E-state index contributed by atoms with van der Waals surface area (Å²) in [5, 5.41) is 3.85. The SMILES string of the molecule is CC(C)(C)c1ncc(C(=O)Nc2cccc(OCc3cn4ccccc4n3)c2)s1. The topological polar surface area (TPSA) is 68.5 Å². The highest BCUT2D eigenvalue weighted by Gasteiger charge is 2.20. The van der Waals surface area contributed by atoms with Crippen LogP contribution < -0.4 is 10.1 Å². The summed E-state index contributed by atoms with van der Waals surface area (Å²) in [5.74, 6) is 0.495. The van der Waals surface area contributed by atoms with E-state index in [4.69, 9.17) is 4.74 Å². The van der Waals surface area contributed by atoms with Gasteiger partial charge in [0.15, 0.2) is 0 Å². The fourth-order valence-electron chi connectivity index (χ4n) is 2.80. The smallest absolute Gasteiger partial charge is 0.267 e. The number of nitrogens with one attached hydrogen (secondary N) is 1. The lowest BCUT2D eigenvalue weighted by Gasteiger charge is -2.13. The van der Waals surface area contributed by atoms with Crippen LogP contribution in [0.4, 0.5) is 5.69 Å². The molecule has 6 nitrogen and oxygen atoms in total. The number of imidazole rings is 1. The van der Waals surface area contributed by atoms with Crippen molar-refractivity contribution in [2.75, 3.05) is 5.32 Å². The monoisotopic (exact) mass is 406 g/mol. The van der Waals surface area contributed by atoms with E-state index in [1.807, 2.05) is 53.2 Å². The number of carbonyl (C=O) groups is 1. The zero-order valence-corrected chi connectivity index (χ0v) is 17.4. The van der Waals surface area contributed by atoms with Crippen molar-refractivity contribution in [3.63, 3.8) is 0 Å². The van der Waals surface area contributed by atoms with Crippen LogP contribution >= 0.6 is 11.3 Å². The van der Waals surface area contributed by atoms with Gasteiger partial charge in [0.2, 0.25) is 0 Å². The second-order valence-electron chi connectivity index (χ2n) is 7.75. The molecule has 0 fully saturated rings. The number of hydrogen-bond donors (Lipinski definition) is 1. The van der Waals surface area contributed by atoms with E-state index in [9.17, 15) is 4.79 Å². The Balaban J connectivity index is 1.41. The zero-order chi connectivity index (χ0) is 20.4. The van der Waals surface area contributed by atoms with Gasteiger partial charge in [-0.2, -0.15) is 0 Å². The molecule has 7 heteroatoms. The first kappa shape index (κ1) is 19.1. The molecule has 0 aliphatic rings. The molecule has 0 saturated heterocycles. The molecule has 1 aromatic carbocycles. The number of anilines is 1. The van der Waals surface area contributed by atoms with Crippen molar-refractivity contribution in [3.05, 3.63) is 76.6 Å². The summed E-state index contributed by atoms with van der Waals surface area (Å²) in [7, 11) is 0. The van der Waals surface area contributed by atoms with E-state index in [1.54, 1.807) is 12.3 Å². The van der Waals surface area contributed by atoms with Crippen LogP contribution in [0.3, 0.4) is 0 Å². The molecule has 0 aliphatic carbocycles. The van der Waals surface area contributed by atoms with Crippen LogP contribution in [0.25, 0.3) is 5.65 Å². The van der Waals surface area contributed by atoms with Gasteiger partial charge in [-0.15, -0.1) is 11.3 Å². The number of carbonyl (C=O) groups excluding carboxylic acids is 1. The van der Waals surface area contributed by atoms with Crippen LogP contribution in [-0.4, -0.2) is 20.3 Å². The summed E-state index contributed by atoms with van der Waals surface area (Å²) in [4.78, 5) is 22.0. The first-order valence-corrected chi connectivity index (χ1v) is 10.1. The molecule has 4 aromatic rings. The van der Waals surface area contributed by atoms with Crippen LogP contribution in [0.15, 0.2) is 61.1 Å². The Hall–Kier alpha value is -3.19. The van der Waals surface area contributed by atoms with Crippen molar-refractivity contribution in [3.8, 4) is 5.75 Å². The van der Waals surface area contributed by atoms with E-state index in [0.717, 1.165) is 16.3 Å². The first-order valence-electron chi connectivity index (χ1n) is 9.32. The van der Waals surface area contributed by atoms with Crippen molar-refractivity contribution >= 4 is 28.6 Å². The Bertz CT molecular complexity index is 1120. The summed E-state index contributed by atoms with van der Waals surface area (Å²) in [6.45, 7) is 6.59. The minimum Gasteiger partial charge on any atom is -0.487 e. The number of nitrogens with zero attached hydrogens (tertiary/aromatic N) is 3. The molecule has 3 aromatic heterocycles. The summed E-state index contributed by atoms with van der Waals surface area (Å²) >= 11 is 1.42. The van der Waals surface area contributed by atoms with Crippen LogP contribution in [0.2, 0.25) is 0 Å². The Morgan fingerprint density at radius 2 is 2.07 bits per heavy atom. The number of fused-ring (bicyclic) bond motifs is 1. The number of aromatic nitrogens is 3. The lowest BCUT2D eigenvalue weighted by Crippen LogP contribution is -2.11. The summed E-state index contributed by atoms with van der Waals surface area (Å²) < 4.78 is 7.82.